The molecule has 0 bridgehead atoms. The monoisotopic (exact) mass is 438 g/mol. The molecule has 1 N–H and O–H groups in total. The van der Waals surface area contributed by atoms with E-state index in [9.17, 15) is 0 Å². The van der Waals surface area contributed by atoms with Gasteiger partial charge in [-0.25, -0.2) is 0 Å². The van der Waals surface area contributed by atoms with Crippen LogP contribution in [0.15, 0.2) is 65.1 Å². The Labute approximate surface area is 175 Å². The first-order valence-corrected chi connectivity index (χ1v) is 10.9. The Bertz CT molecular complexity index is 930. The molecule has 1 fully saturated rings. The van der Waals surface area contributed by atoms with E-state index >= 15 is 0 Å². The topological polar surface area (TPSA) is 24.5 Å². The lowest BCUT2D eigenvalue weighted by Gasteiger charge is -2.33. The van der Waals surface area contributed by atoms with Gasteiger partial charge >= 0.3 is 0 Å². The molecule has 146 valence electrons. The zero-order valence-corrected chi connectivity index (χ0v) is 17.9. The van der Waals surface area contributed by atoms with Gasteiger partial charge in [0.05, 0.1) is 12.6 Å². The zero-order valence-electron chi connectivity index (χ0n) is 16.3. The maximum Gasteiger partial charge on any atom is 0.124 e. The van der Waals surface area contributed by atoms with Crippen LogP contribution in [0.2, 0.25) is 0 Å². The molecular formula is C24H27BrN2O. The molecule has 1 atom stereocenters. The SMILES string of the molecule is CCOc1ccc(Br)cc1C(c1cccc2ccccc12)N1CCCNCC1. The van der Waals surface area contributed by atoms with Gasteiger partial charge in [-0.3, -0.25) is 4.90 Å². The summed E-state index contributed by atoms with van der Waals surface area (Å²) in [4.78, 5) is 2.60. The minimum atomic E-state index is 0.157. The smallest absolute Gasteiger partial charge is 0.124 e. The fourth-order valence-corrected chi connectivity index (χ4v) is 4.57. The zero-order chi connectivity index (χ0) is 19.3. The van der Waals surface area contributed by atoms with Crippen LogP contribution in [-0.2, 0) is 0 Å². The molecule has 0 spiro atoms. The van der Waals surface area contributed by atoms with Gasteiger partial charge in [0.25, 0.3) is 0 Å². The van der Waals surface area contributed by atoms with Crippen molar-refractivity contribution in [2.45, 2.75) is 19.4 Å². The molecule has 1 heterocycles. The molecular weight excluding hydrogens is 412 g/mol. The number of nitrogens with one attached hydrogen (secondary N) is 1. The third-order valence-electron chi connectivity index (χ3n) is 5.42. The van der Waals surface area contributed by atoms with E-state index in [1.807, 2.05) is 0 Å². The number of fused-ring (bicyclic) bond motifs is 1. The van der Waals surface area contributed by atoms with Crippen molar-refractivity contribution in [3.63, 3.8) is 0 Å². The van der Waals surface area contributed by atoms with Crippen molar-refractivity contribution in [3.05, 3.63) is 76.3 Å². The molecule has 1 aliphatic heterocycles. The third kappa shape index (κ3) is 4.09. The lowest BCUT2D eigenvalue weighted by Crippen LogP contribution is -2.33. The number of benzene rings is 3. The summed E-state index contributed by atoms with van der Waals surface area (Å²) in [6.45, 7) is 6.90. The second-order valence-electron chi connectivity index (χ2n) is 7.23. The average Bonchev–Trinajstić information content (AvgIpc) is 3.00. The summed E-state index contributed by atoms with van der Waals surface area (Å²) in [5.41, 5.74) is 2.58. The summed E-state index contributed by atoms with van der Waals surface area (Å²) in [5.74, 6) is 0.973. The molecule has 1 aliphatic rings. The van der Waals surface area contributed by atoms with Crippen LogP contribution < -0.4 is 10.1 Å². The summed E-state index contributed by atoms with van der Waals surface area (Å²) < 4.78 is 7.15. The number of hydrogen-bond acceptors (Lipinski definition) is 3. The van der Waals surface area contributed by atoms with Gasteiger partial charge in [0.2, 0.25) is 0 Å². The van der Waals surface area contributed by atoms with Crippen LogP contribution in [0, 0.1) is 0 Å². The molecule has 4 heteroatoms. The van der Waals surface area contributed by atoms with Crippen LogP contribution in [0.3, 0.4) is 0 Å². The van der Waals surface area contributed by atoms with E-state index in [0.717, 1.165) is 42.8 Å². The Morgan fingerprint density at radius 2 is 1.86 bits per heavy atom. The van der Waals surface area contributed by atoms with E-state index in [1.165, 1.54) is 21.9 Å². The predicted molar refractivity (Wildman–Crippen MR) is 120 cm³/mol. The molecule has 1 saturated heterocycles. The van der Waals surface area contributed by atoms with Crippen LogP contribution in [0.25, 0.3) is 10.8 Å². The van der Waals surface area contributed by atoms with Crippen LogP contribution in [0.4, 0.5) is 0 Å². The summed E-state index contributed by atoms with van der Waals surface area (Å²) in [6.07, 6.45) is 1.15. The second kappa shape index (κ2) is 9.08. The standard InChI is InChI=1S/C24H27BrN2O/c1-2-28-23-12-11-19(25)17-22(23)24(27-15-6-13-26-14-16-27)21-10-5-8-18-7-3-4-9-20(18)21/h3-5,7-12,17,24,26H,2,6,13-16H2,1H3. The number of hydrogen-bond donors (Lipinski definition) is 1. The number of rotatable bonds is 5. The van der Waals surface area contributed by atoms with E-state index in [4.69, 9.17) is 4.74 Å². The molecule has 28 heavy (non-hydrogen) atoms. The maximum absolute atomic E-state index is 6.07. The van der Waals surface area contributed by atoms with Gasteiger partial charge in [-0.05, 0) is 54.4 Å². The minimum absolute atomic E-state index is 0.157. The number of nitrogens with zero attached hydrogens (tertiary/aromatic N) is 1. The van der Waals surface area contributed by atoms with Gasteiger partial charge in [0.1, 0.15) is 5.75 Å². The summed E-state index contributed by atoms with van der Waals surface area (Å²) in [5, 5.41) is 6.14. The van der Waals surface area contributed by atoms with E-state index in [0.29, 0.717) is 6.61 Å². The van der Waals surface area contributed by atoms with Crippen LogP contribution in [0.5, 0.6) is 5.75 Å². The molecule has 0 amide bonds. The summed E-state index contributed by atoms with van der Waals surface area (Å²) in [7, 11) is 0. The predicted octanol–water partition coefficient (Wildman–Crippen LogP) is 5.39. The number of halogens is 1. The van der Waals surface area contributed by atoms with Gasteiger partial charge in [0, 0.05) is 29.7 Å². The lowest BCUT2D eigenvalue weighted by atomic mass is 9.91. The van der Waals surface area contributed by atoms with Crippen molar-refractivity contribution in [1.29, 1.82) is 0 Å². The maximum atomic E-state index is 6.07. The molecule has 4 rings (SSSR count). The van der Waals surface area contributed by atoms with E-state index < -0.39 is 0 Å². The Hall–Kier alpha value is -1.88. The highest BCUT2D eigenvalue weighted by molar-refractivity contribution is 9.10. The molecule has 3 aromatic carbocycles. The largest absolute Gasteiger partial charge is 0.494 e. The second-order valence-corrected chi connectivity index (χ2v) is 8.14. The van der Waals surface area contributed by atoms with Crippen LogP contribution in [-0.4, -0.2) is 37.7 Å². The first-order chi connectivity index (χ1) is 13.8. The molecule has 0 radical (unpaired) electrons. The highest BCUT2D eigenvalue weighted by atomic mass is 79.9. The quantitative estimate of drug-likeness (QED) is 0.577. The highest BCUT2D eigenvalue weighted by Gasteiger charge is 2.27. The van der Waals surface area contributed by atoms with Crippen LogP contribution >= 0.6 is 15.9 Å². The molecule has 1 unspecified atom stereocenters. The Kier molecular flexibility index (Phi) is 6.30. The van der Waals surface area contributed by atoms with Gasteiger partial charge in [-0.15, -0.1) is 0 Å². The first kappa shape index (κ1) is 19.4. The average molecular weight is 439 g/mol. The molecule has 0 saturated carbocycles. The van der Waals surface area contributed by atoms with Crippen molar-refractivity contribution in [2.24, 2.45) is 0 Å². The molecule has 3 nitrogen and oxygen atoms in total. The lowest BCUT2D eigenvalue weighted by molar-refractivity contribution is 0.234. The van der Waals surface area contributed by atoms with Gasteiger partial charge < -0.3 is 10.1 Å². The summed E-state index contributed by atoms with van der Waals surface area (Å²) in [6, 6.07) is 21.9. The third-order valence-corrected chi connectivity index (χ3v) is 5.92. The van der Waals surface area contributed by atoms with E-state index in [-0.39, 0.29) is 6.04 Å². The molecule has 0 aromatic heterocycles. The van der Waals surface area contributed by atoms with E-state index in [2.05, 4.69) is 93.7 Å². The number of ether oxygens (including phenoxy) is 1. The van der Waals surface area contributed by atoms with E-state index in [1.54, 1.807) is 0 Å². The fourth-order valence-electron chi connectivity index (χ4n) is 4.19. The first-order valence-electron chi connectivity index (χ1n) is 10.1. The Morgan fingerprint density at radius 1 is 1.00 bits per heavy atom. The van der Waals surface area contributed by atoms with Gasteiger partial charge in [0.15, 0.2) is 0 Å². The summed E-state index contributed by atoms with van der Waals surface area (Å²) >= 11 is 3.69. The highest BCUT2D eigenvalue weighted by Crippen LogP contribution is 2.39. The van der Waals surface area contributed by atoms with Crippen molar-refractivity contribution in [2.75, 3.05) is 32.8 Å². The fraction of sp³-hybridized carbons (Fsp3) is 0.333. The van der Waals surface area contributed by atoms with Crippen molar-refractivity contribution in [3.8, 4) is 5.75 Å². The Morgan fingerprint density at radius 3 is 2.75 bits per heavy atom. The van der Waals surface area contributed by atoms with Gasteiger partial charge in [-0.2, -0.15) is 0 Å². The Balaban J connectivity index is 1.91. The van der Waals surface area contributed by atoms with Crippen molar-refractivity contribution < 1.29 is 4.74 Å². The molecule has 3 aromatic rings. The minimum Gasteiger partial charge on any atom is -0.494 e. The van der Waals surface area contributed by atoms with Crippen molar-refractivity contribution in [1.82, 2.24) is 10.2 Å². The van der Waals surface area contributed by atoms with Crippen LogP contribution in [0.1, 0.15) is 30.5 Å². The van der Waals surface area contributed by atoms with Crippen molar-refractivity contribution >= 4 is 26.7 Å². The van der Waals surface area contributed by atoms with Gasteiger partial charge in [-0.1, -0.05) is 58.4 Å². The molecule has 0 aliphatic carbocycles. The normalized spacial score (nSPS) is 16.6.